The molecule has 2 amide bonds. The van der Waals surface area contributed by atoms with Crippen molar-refractivity contribution in [2.45, 2.75) is 12.5 Å². The van der Waals surface area contributed by atoms with Crippen LogP contribution in [0.4, 0.5) is 11.4 Å². The van der Waals surface area contributed by atoms with Gasteiger partial charge in [-0.2, -0.15) is 0 Å². The number of amides is 2. The van der Waals surface area contributed by atoms with Gasteiger partial charge in [-0.1, -0.05) is 12.1 Å². The lowest BCUT2D eigenvalue weighted by Gasteiger charge is -2.25. The summed E-state index contributed by atoms with van der Waals surface area (Å²) in [7, 11) is 0. The van der Waals surface area contributed by atoms with Crippen LogP contribution in [-0.4, -0.2) is 22.9 Å². The first-order valence-corrected chi connectivity index (χ1v) is 6.67. The third kappa shape index (κ3) is 2.83. The molecule has 7 heteroatoms. The van der Waals surface area contributed by atoms with E-state index in [9.17, 15) is 14.4 Å². The number of nitrogens with one attached hydrogen (secondary N) is 3. The van der Waals surface area contributed by atoms with Crippen LogP contribution in [0.3, 0.4) is 0 Å². The Hall–Kier alpha value is -3.09. The maximum atomic E-state index is 12.0. The van der Waals surface area contributed by atoms with Gasteiger partial charge in [-0.25, -0.2) is 0 Å². The van der Waals surface area contributed by atoms with Crippen LogP contribution in [0.2, 0.25) is 0 Å². The second kappa shape index (κ2) is 5.72. The molecule has 3 N–H and O–H groups in total. The zero-order chi connectivity index (χ0) is 15.5. The quantitative estimate of drug-likeness (QED) is 0.790. The van der Waals surface area contributed by atoms with Gasteiger partial charge < -0.3 is 20.4 Å². The van der Waals surface area contributed by atoms with Crippen LogP contribution < -0.4 is 20.9 Å². The van der Waals surface area contributed by atoms with Gasteiger partial charge in [-0.15, -0.1) is 0 Å². The van der Waals surface area contributed by atoms with Crippen molar-refractivity contribution in [1.82, 2.24) is 4.98 Å². The number of benzene rings is 1. The topological polar surface area (TPSA) is 100 Å². The first kappa shape index (κ1) is 13.9. The SMILES string of the molecule is O=C(CC1Oc2ccccc2NC1=O)Nc1ccc[nH]c1=O. The molecule has 0 saturated carbocycles. The number of rotatable bonds is 3. The van der Waals surface area contributed by atoms with Crippen LogP contribution in [0.15, 0.2) is 47.4 Å². The number of aromatic amines is 1. The number of hydrogen-bond donors (Lipinski definition) is 3. The van der Waals surface area contributed by atoms with Gasteiger partial charge in [0.25, 0.3) is 11.5 Å². The third-order valence-corrected chi connectivity index (χ3v) is 3.17. The van der Waals surface area contributed by atoms with Gasteiger partial charge in [0.2, 0.25) is 5.91 Å². The average Bonchev–Trinajstić information content (AvgIpc) is 2.50. The summed E-state index contributed by atoms with van der Waals surface area (Å²) in [4.78, 5) is 37.8. The fourth-order valence-electron chi connectivity index (χ4n) is 2.12. The molecule has 1 aliphatic heterocycles. The summed E-state index contributed by atoms with van der Waals surface area (Å²) in [6.45, 7) is 0. The smallest absolute Gasteiger partial charge is 0.271 e. The molecule has 1 aromatic carbocycles. The normalized spacial score (nSPS) is 16.2. The molecule has 1 aliphatic rings. The molecule has 1 unspecified atom stereocenters. The van der Waals surface area contributed by atoms with Crippen molar-refractivity contribution in [2.24, 2.45) is 0 Å². The molecule has 0 saturated heterocycles. The largest absolute Gasteiger partial charge is 0.478 e. The van der Waals surface area contributed by atoms with Crippen LogP contribution in [0.25, 0.3) is 0 Å². The molecule has 2 heterocycles. The van der Waals surface area contributed by atoms with E-state index in [0.717, 1.165) is 0 Å². The van der Waals surface area contributed by atoms with Crippen molar-refractivity contribution >= 4 is 23.2 Å². The van der Waals surface area contributed by atoms with Gasteiger partial charge in [0.05, 0.1) is 12.1 Å². The van der Waals surface area contributed by atoms with Crippen molar-refractivity contribution < 1.29 is 14.3 Å². The van der Waals surface area contributed by atoms with E-state index in [0.29, 0.717) is 11.4 Å². The molecule has 22 heavy (non-hydrogen) atoms. The summed E-state index contributed by atoms with van der Waals surface area (Å²) < 4.78 is 5.52. The Bertz CT molecular complexity index is 784. The van der Waals surface area contributed by atoms with E-state index in [2.05, 4.69) is 15.6 Å². The van der Waals surface area contributed by atoms with Gasteiger partial charge in [-0.05, 0) is 24.3 Å². The molecule has 0 radical (unpaired) electrons. The number of fused-ring (bicyclic) bond motifs is 1. The highest BCUT2D eigenvalue weighted by molar-refractivity contribution is 6.01. The molecular weight excluding hydrogens is 286 g/mol. The maximum absolute atomic E-state index is 12.0. The fourth-order valence-corrected chi connectivity index (χ4v) is 2.12. The van der Waals surface area contributed by atoms with E-state index in [1.54, 1.807) is 30.3 Å². The number of ether oxygens (including phenoxy) is 1. The average molecular weight is 299 g/mol. The van der Waals surface area contributed by atoms with E-state index in [1.807, 2.05) is 0 Å². The van der Waals surface area contributed by atoms with Crippen molar-refractivity contribution in [1.29, 1.82) is 0 Å². The molecule has 1 atom stereocenters. The zero-order valence-corrected chi connectivity index (χ0v) is 11.5. The number of para-hydroxylation sites is 2. The minimum atomic E-state index is -0.933. The molecule has 2 aromatic rings. The highest BCUT2D eigenvalue weighted by Gasteiger charge is 2.29. The first-order chi connectivity index (χ1) is 10.6. The first-order valence-electron chi connectivity index (χ1n) is 6.67. The number of hydrogen-bond acceptors (Lipinski definition) is 4. The van der Waals surface area contributed by atoms with E-state index < -0.39 is 23.5 Å². The summed E-state index contributed by atoms with van der Waals surface area (Å²) in [5, 5.41) is 5.14. The molecule has 0 aliphatic carbocycles. The molecule has 1 aromatic heterocycles. The lowest BCUT2D eigenvalue weighted by atomic mass is 10.1. The van der Waals surface area contributed by atoms with Crippen LogP contribution in [-0.2, 0) is 9.59 Å². The predicted molar refractivity (Wildman–Crippen MR) is 79.8 cm³/mol. The molecule has 0 bridgehead atoms. The highest BCUT2D eigenvalue weighted by atomic mass is 16.5. The van der Waals surface area contributed by atoms with Gasteiger partial charge in [0.15, 0.2) is 6.10 Å². The lowest BCUT2D eigenvalue weighted by Crippen LogP contribution is -2.39. The van der Waals surface area contributed by atoms with E-state index in [1.165, 1.54) is 12.3 Å². The van der Waals surface area contributed by atoms with E-state index in [4.69, 9.17) is 4.74 Å². The minimum Gasteiger partial charge on any atom is -0.478 e. The standard InChI is InChI=1S/C15H13N3O4/c19-13(17-10-5-3-7-16-14(10)20)8-12-15(21)18-9-4-1-2-6-11(9)22-12/h1-7,12H,8H2,(H,16,20)(H,17,19)(H,18,21). The number of pyridine rings is 1. The zero-order valence-electron chi connectivity index (χ0n) is 11.5. The predicted octanol–water partition coefficient (Wildman–Crippen LogP) is 1.10. The van der Waals surface area contributed by atoms with Gasteiger partial charge in [0.1, 0.15) is 11.4 Å². The Balaban J connectivity index is 1.69. The molecular formula is C15H13N3O4. The number of carbonyl (C=O) groups is 2. The van der Waals surface area contributed by atoms with Gasteiger partial charge in [0, 0.05) is 6.20 Å². The third-order valence-electron chi connectivity index (χ3n) is 3.17. The van der Waals surface area contributed by atoms with Crippen molar-refractivity contribution in [3.05, 3.63) is 52.9 Å². The monoisotopic (exact) mass is 299 g/mol. The summed E-state index contributed by atoms with van der Waals surface area (Å²) in [5.41, 5.74) is 0.294. The van der Waals surface area contributed by atoms with Gasteiger partial charge in [-0.3, -0.25) is 14.4 Å². The van der Waals surface area contributed by atoms with Crippen LogP contribution in [0, 0.1) is 0 Å². The fraction of sp³-hybridized carbons (Fsp3) is 0.133. The number of carbonyl (C=O) groups excluding carboxylic acids is 2. The van der Waals surface area contributed by atoms with Crippen molar-refractivity contribution in [3.8, 4) is 5.75 Å². The maximum Gasteiger partial charge on any atom is 0.271 e. The second-order valence-electron chi connectivity index (χ2n) is 4.76. The van der Waals surface area contributed by atoms with Crippen LogP contribution >= 0.6 is 0 Å². The molecule has 3 rings (SSSR count). The van der Waals surface area contributed by atoms with E-state index >= 15 is 0 Å². The summed E-state index contributed by atoms with van der Waals surface area (Å²) in [6, 6.07) is 10.0. The minimum absolute atomic E-state index is 0.129. The Morgan fingerprint density at radius 1 is 1.18 bits per heavy atom. The van der Waals surface area contributed by atoms with E-state index in [-0.39, 0.29) is 12.1 Å². The molecule has 7 nitrogen and oxygen atoms in total. The number of aromatic nitrogens is 1. The molecule has 112 valence electrons. The lowest BCUT2D eigenvalue weighted by molar-refractivity contribution is -0.128. The van der Waals surface area contributed by atoms with Crippen LogP contribution in [0.5, 0.6) is 5.75 Å². The second-order valence-corrected chi connectivity index (χ2v) is 4.76. The number of H-pyrrole nitrogens is 1. The molecule has 0 spiro atoms. The Morgan fingerprint density at radius 3 is 2.82 bits per heavy atom. The van der Waals surface area contributed by atoms with Crippen molar-refractivity contribution in [3.63, 3.8) is 0 Å². The summed E-state index contributed by atoms with van der Waals surface area (Å²) in [6.07, 6.45) is 0.346. The Kier molecular flexibility index (Phi) is 3.61. The summed E-state index contributed by atoms with van der Waals surface area (Å²) in [5.74, 6) is -0.357. The Morgan fingerprint density at radius 2 is 2.00 bits per heavy atom. The van der Waals surface area contributed by atoms with Gasteiger partial charge >= 0.3 is 0 Å². The summed E-state index contributed by atoms with van der Waals surface area (Å²) >= 11 is 0. The number of anilines is 2. The Labute approximate surface area is 125 Å². The van der Waals surface area contributed by atoms with Crippen molar-refractivity contribution in [2.75, 3.05) is 10.6 Å². The van der Waals surface area contributed by atoms with Crippen LogP contribution in [0.1, 0.15) is 6.42 Å². The molecule has 0 fully saturated rings. The highest BCUT2D eigenvalue weighted by Crippen LogP contribution is 2.29.